The highest BCUT2D eigenvalue weighted by atomic mass is 35.5. The molecule has 0 fully saturated rings. The molecule has 0 unspecified atom stereocenters. The lowest BCUT2D eigenvalue weighted by molar-refractivity contribution is -0.132. The standard InChI is InChI=1S/C13H17ClF3N3O/c1-18-12(19-7-6-13(15,16)17)20-8-9-21-11-5-3-2-4-10(11)14/h2-5H,6-9H2,1H3,(H2,18,19,20). The fourth-order valence-electron chi connectivity index (χ4n) is 1.44. The van der Waals surface area contributed by atoms with Crippen LogP contribution in [0.2, 0.25) is 5.02 Å². The van der Waals surface area contributed by atoms with Crippen LogP contribution in [0, 0.1) is 0 Å². The minimum absolute atomic E-state index is 0.228. The Hall–Kier alpha value is -1.63. The molecule has 0 radical (unpaired) electrons. The van der Waals surface area contributed by atoms with E-state index in [0.717, 1.165) is 0 Å². The highest BCUT2D eigenvalue weighted by Crippen LogP contribution is 2.22. The predicted molar refractivity (Wildman–Crippen MR) is 77.0 cm³/mol. The highest BCUT2D eigenvalue weighted by Gasteiger charge is 2.26. The number of nitrogens with one attached hydrogen (secondary N) is 2. The number of guanidine groups is 1. The summed E-state index contributed by atoms with van der Waals surface area (Å²) >= 11 is 5.92. The van der Waals surface area contributed by atoms with E-state index < -0.39 is 12.6 Å². The van der Waals surface area contributed by atoms with Crippen LogP contribution in [0.25, 0.3) is 0 Å². The largest absolute Gasteiger partial charge is 0.490 e. The number of rotatable bonds is 6. The van der Waals surface area contributed by atoms with E-state index in [0.29, 0.717) is 29.9 Å². The van der Waals surface area contributed by atoms with Crippen molar-refractivity contribution in [1.29, 1.82) is 0 Å². The zero-order valence-corrected chi connectivity index (χ0v) is 12.3. The van der Waals surface area contributed by atoms with Crippen LogP contribution in [-0.4, -0.2) is 38.9 Å². The van der Waals surface area contributed by atoms with Crippen LogP contribution in [0.4, 0.5) is 13.2 Å². The Kier molecular flexibility index (Phi) is 7.14. The molecule has 0 aliphatic rings. The second kappa shape index (κ2) is 8.61. The van der Waals surface area contributed by atoms with Crippen molar-refractivity contribution in [3.8, 4) is 5.75 Å². The van der Waals surface area contributed by atoms with Gasteiger partial charge < -0.3 is 15.4 Å². The van der Waals surface area contributed by atoms with Gasteiger partial charge in [0.2, 0.25) is 0 Å². The molecule has 1 aromatic carbocycles. The third-order valence-corrected chi connectivity index (χ3v) is 2.73. The van der Waals surface area contributed by atoms with E-state index in [1.54, 1.807) is 24.3 Å². The maximum atomic E-state index is 12.0. The molecule has 4 nitrogen and oxygen atoms in total. The summed E-state index contributed by atoms with van der Waals surface area (Å²) in [4.78, 5) is 3.82. The third-order valence-electron chi connectivity index (χ3n) is 2.41. The third kappa shape index (κ3) is 7.65. The van der Waals surface area contributed by atoms with Gasteiger partial charge >= 0.3 is 6.18 Å². The second-order valence-corrected chi connectivity index (χ2v) is 4.48. The number of benzene rings is 1. The summed E-state index contributed by atoms with van der Waals surface area (Å²) in [6.07, 6.45) is -5.09. The minimum atomic E-state index is -4.18. The maximum absolute atomic E-state index is 12.0. The molecule has 8 heteroatoms. The number of aliphatic imine (C=N–C) groups is 1. The van der Waals surface area contributed by atoms with Crippen LogP contribution in [0.5, 0.6) is 5.75 Å². The Morgan fingerprint density at radius 3 is 2.52 bits per heavy atom. The molecular weight excluding hydrogens is 307 g/mol. The molecule has 0 atom stereocenters. The first-order valence-corrected chi connectivity index (χ1v) is 6.69. The van der Waals surface area contributed by atoms with Crippen molar-refractivity contribution in [1.82, 2.24) is 10.6 Å². The number of halogens is 4. The summed E-state index contributed by atoms with van der Waals surface area (Å²) in [6, 6.07) is 7.03. The lowest BCUT2D eigenvalue weighted by atomic mass is 10.3. The van der Waals surface area contributed by atoms with Crippen LogP contribution in [0.1, 0.15) is 6.42 Å². The van der Waals surface area contributed by atoms with Crippen LogP contribution >= 0.6 is 11.6 Å². The van der Waals surface area contributed by atoms with Crippen LogP contribution in [0.15, 0.2) is 29.3 Å². The van der Waals surface area contributed by atoms with Gasteiger partial charge in [0, 0.05) is 13.6 Å². The Morgan fingerprint density at radius 1 is 1.24 bits per heavy atom. The quantitative estimate of drug-likeness (QED) is 0.481. The van der Waals surface area contributed by atoms with Gasteiger partial charge in [0.15, 0.2) is 5.96 Å². The van der Waals surface area contributed by atoms with Crippen molar-refractivity contribution < 1.29 is 17.9 Å². The van der Waals surface area contributed by atoms with Crippen molar-refractivity contribution in [3.63, 3.8) is 0 Å². The molecular formula is C13H17ClF3N3O. The lowest BCUT2D eigenvalue weighted by Gasteiger charge is -2.13. The first-order valence-electron chi connectivity index (χ1n) is 6.31. The second-order valence-electron chi connectivity index (χ2n) is 4.07. The fraction of sp³-hybridized carbons (Fsp3) is 0.462. The Morgan fingerprint density at radius 2 is 1.90 bits per heavy atom. The molecule has 1 rings (SSSR count). The average molecular weight is 324 g/mol. The average Bonchev–Trinajstić information content (AvgIpc) is 2.42. The molecule has 0 spiro atoms. The first-order chi connectivity index (χ1) is 9.92. The SMILES string of the molecule is CN=C(NCCOc1ccccc1Cl)NCCC(F)(F)F. The van der Waals surface area contributed by atoms with Gasteiger partial charge in [-0.25, -0.2) is 0 Å². The lowest BCUT2D eigenvalue weighted by Crippen LogP contribution is -2.40. The Labute approximate surface area is 126 Å². The number of ether oxygens (including phenoxy) is 1. The van der Waals surface area contributed by atoms with Crippen LogP contribution in [-0.2, 0) is 0 Å². The van der Waals surface area contributed by atoms with Gasteiger partial charge in [-0.1, -0.05) is 23.7 Å². The first kappa shape index (κ1) is 17.4. The Balaban J connectivity index is 2.22. The summed E-state index contributed by atoms with van der Waals surface area (Å²) in [7, 11) is 1.48. The van der Waals surface area contributed by atoms with Gasteiger partial charge in [0.05, 0.1) is 18.0 Å². The van der Waals surface area contributed by atoms with Crippen molar-refractivity contribution in [3.05, 3.63) is 29.3 Å². The molecule has 0 aromatic heterocycles. The fourth-order valence-corrected chi connectivity index (χ4v) is 1.63. The van der Waals surface area contributed by atoms with E-state index in [2.05, 4.69) is 15.6 Å². The van der Waals surface area contributed by atoms with E-state index >= 15 is 0 Å². The maximum Gasteiger partial charge on any atom is 0.390 e. The van der Waals surface area contributed by atoms with Gasteiger partial charge in [0.1, 0.15) is 12.4 Å². The zero-order chi connectivity index (χ0) is 15.7. The number of hydrogen-bond acceptors (Lipinski definition) is 2. The predicted octanol–water partition coefficient (Wildman–Crippen LogP) is 2.84. The van der Waals surface area contributed by atoms with Gasteiger partial charge in [-0.05, 0) is 12.1 Å². The minimum Gasteiger partial charge on any atom is -0.490 e. The summed E-state index contributed by atoms with van der Waals surface area (Å²) in [5.74, 6) is 0.850. The highest BCUT2D eigenvalue weighted by molar-refractivity contribution is 6.32. The normalized spacial score (nSPS) is 12.1. The molecule has 21 heavy (non-hydrogen) atoms. The van der Waals surface area contributed by atoms with Crippen molar-refractivity contribution >= 4 is 17.6 Å². The molecule has 0 heterocycles. The van der Waals surface area contributed by atoms with Gasteiger partial charge in [-0.15, -0.1) is 0 Å². The number of nitrogens with zero attached hydrogens (tertiary/aromatic N) is 1. The van der Waals surface area contributed by atoms with Gasteiger partial charge in [0.25, 0.3) is 0 Å². The van der Waals surface area contributed by atoms with Crippen LogP contribution < -0.4 is 15.4 Å². The molecule has 0 aliphatic carbocycles. The molecule has 2 N–H and O–H groups in total. The van der Waals surface area contributed by atoms with Crippen molar-refractivity contribution in [2.75, 3.05) is 26.7 Å². The van der Waals surface area contributed by atoms with Crippen molar-refractivity contribution in [2.45, 2.75) is 12.6 Å². The van der Waals surface area contributed by atoms with E-state index in [1.165, 1.54) is 7.05 Å². The molecule has 1 aromatic rings. The number of alkyl halides is 3. The molecule has 0 saturated carbocycles. The van der Waals surface area contributed by atoms with Gasteiger partial charge in [-0.2, -0.15) is 13.2 Å². The van der Waals surface area contributed by atoms with Crippen molar-refractivity contribution in [2.24, 2.45) is 4.99 Å². The smallest absolute Gasteiger partial charge is 0.390 e. The van der Waals surface area contributed by atoms with E-state index in [4.69, 9.17) is 16.3 Å². The molecule has 0 saturated heterocycles. The molecule has 0 aliphatic heterocycles. The van der Waals surface area contributed by atoms with E-state index in [-0.39, 0.29) is 6.54 Å². The van der Waals surface area contributed by atoms with Crippen LogP contribution in [0.3, 0.4) is 0 Å². The van der Waals surface area contributed by atoms with E-state index in [1.807, 2.05) is 0 Å². The summed E-state index contributed by atoms with van der Waals surface area (Å²) < 4.78 is 41.5. The zero-order valence-electron chi connectivity index (χ0n) is 11.5. The van der Waals surface area contributed by atoms with Gasteiger partial charge in [-0.3, -0.25) is 4.99 Å². The summed E-state index contributed by atoms with van der Waals surface area (Å²) in [5, 5.41) is 5.93. The number of para-hydroxylation sites is 1. The summed E-state index contributed by atoms with van der Waals surface area (Å²) in [5.41, 5.74) is 0. The topological polar surface area (TPSA) is 45.7 Å². The summed E-state index contributed by atoms with van der Waals surface area (Å²) in [6.45, 7) is 0.467. The Bertz CT molecular complexity index is 466. The molecule has 0 bridgehead atoms. The number of hydrogen-bond donors (Lipinski definition) is 2. The molecule has 0 amide bonds. The van der Waals surface area contributed by atoms with E-state index in [9.17, 15) is 13.2 Å². The monoisotopic (exact) mass is 323 g/mol. The molecule has 118 valence electrons.